The number of fused-ring (bicyclic) bond motifs is 1. The Kier molecular flexibility index (Phi) is 5.19. The molecule has 2 heterocycles. The number of benzene rings is 3. The van der Waals surface area contributed by atoms with Gasteiger partial charge in [-0.3, -0.25) is 9.69 Å². The highest BCUT2D eigenvalue weighted by Gasteiger charge is 2.40. The lowest BCUT2D eigenvalue weighted by atomic mass is 9.91. The summed E-state index contributed by atoms with van der Waals surface area (Å²) in [6.07, 6.45) is 2.17. The van der Waals surface area contributed by atoms with Gasteiger partial charge in [0.05, 0.1) is 19.2 Å². The van der Waals surface area contributed by atoms with Gasteiger partial charge in [0, 0.05) is 11.1 Å². The molecule has 1 aliphatic heterocycles. The molecule has 1 aromatic heterocycles. The van der Waals surface area contributed by atoms with Crippen molar-refractivity contribution in [2.45, 2.75) is 25.4 Å². The maximum atomic E-state index is 13.8. The highest BCUT2D eigenvalue weighted by Crippen LogP contribution is 2.44. The zero-order valence-electron chi connectivity index (χ0n) is 18.1. The van der Waals surface area contributed by atoms with Crippen LogP contribution in [0.1, 0.15) is 45.6 Å². The Balaban J connectivity index is 1.67. The van der Waals surface area contributed by atoms with Crippen molar-refractivity contribution < 1.29 is 9.53 Å². The minimum absolute atomic E-state index is 0.0877. The molecular weight excluding hydrogens is 400 g/mol. The summed E-state index contributed by atoms with van der Waals surface area (Å²) in [6.45, 7) is 1.99. The predicted molar refractivity (Wildman–Crippen MR) is 123 cm³/mol. The van der Waals surface area contributed by atoms with Crippen LogP contribution in [0.3, 0.4) is 0 Å². The van der Waals surface area contributed by atoms with Crippen molar-refractivity contribution in [3.63, 3.8) is 0 Å². The first-order valence-corrected chi connectivity index (χ1v) is 10.6. The van der Waals surface area contributed by atoms with E-state index in [0.29, 0.717) is 17.9 Å². The van der Waals surface area contributed by atoms with Gasteiger partial charge in [0.25, 0.3) is 5.91 Å². The normalized spacial score (nSPS) is 17.6. The fourth-order valence-electron chi connectivity index (χ4n) is 4.50. The summed E-state index contributed by atoms with van der Waals surface area (Å²) in [5.74, 6) is 1.24. The van der Waals surface area contributed by atoms with Gasteiger partial charge in [-0.25, -0.2) is 4.68 Å². The highest BCUT2D eigenvalue weighted by molar-refractivity contribution is 6.06. The van der Waals surface area contributed by atoms with Crippen LogP contribution >= 0.6 is 0 Å². The predicted octanol–water partition coefficient (Wildman–Crippen LogP) is 4.98. The van der Waals surface area contributed by atoms with Crippen molar-refractivity contribution in [2.24, 2.45) is 0 Å². The lowest BCUT2D eigenvalue weighted by molar-refractivity contribution is 0.0963. The number of ether oxygens (including phenoxy) is 1. The molecule has 32 heavy (non-hydrogen) atoms. The maximum Gasteiger partial charge on any atom is 0.261 e. The minimum Gasteiger partial charge on any atom is -0.496 e. The smallest absolute Gasteiger partial charge is 0.261 e. The number of hydrogen-bond donors (Lipinski definition) is 0. The van der Waals surface area contributed by atoms with Crippen molar-refractivity contribution in [3.8, 4) is 5.75 Å². The van der Waals surface area contributed by atoms with Crippen LogP contribution in [0.25, 0.3) is 0 Å². The number of nitrogens with zero attached hydrogens (tertiary/aromatic N) is 4. The molecule has 1 aliphatic rings. The monoisotopic (exact) mass is 424 g/mol. The van der Waals surface area contributed by atoms with Gasteiger partial charge < -0.3 is 4.74 Å². The first kappa shape index (κ1) is 20.0. The summed E-state index contributed by atoms with van der Waals surface area (Å²) >= 11 is 0. The van der Waals surface area contributed by atoms with Crippen molar-refractivity contribution in [1.82, 2.24) is 14.8 Å². The number of amides is 1. The van der Waals surface area contributed by atoms with Crippen molar-refractivity contribution in [3.05, 3.63) is 107 Å². The number of para-hydroxylation sites is 1. The third kappa shape index (κ3) is 3.43. The van der Waals surface area contributed by atoms with E-state index in [1.807, 2.05) is 72.3 Å². The van der Waals surface area contributed by atoms with E-state index in [2.05, 4.69) is 28.3 Å². The largest absolute Gasteiger partial charge is 0.496 e. The molecule has 0 fully saturated rings. The molecule has 0 saturated heterocycles. The van der Waals surface area contributed by atoms with E-state index in [0.717, 1.165) is 22.4 Å². The lowest BCUT2D eigenvalue weighted by Gasteiger charge is -2.39. The average Bonchev–Trinajstić information content (AvgIpc) is 3.33. The van der Waals surface area contributed by atoms with Gasteiger partial charge in [0.1, 0.15) is 12.1 Å². The highest BCUT2D eigenvalue weighted by atomic mass is 16.5. The van der Waals surface area contributed by atoms with Crippen LogP contribution in [-0.4, -0.2) is 27.8 Å². The zero-order chi connectivity index (χ0) is 22.1. The van der Waals surface area contributed by atoms with E-state index in [1.54, 1.807) is 12.0 Å². The van der Waals surface area contributed by atoms with Crippen molar-refractivity contribution >= 4 is 11.9 Å². The van der Waals surface area contributed by atoms with E-state index >= 15 is 0 Å². The van der Waals surface area contributed by atoms with Crippen LogP contribution in [0.5, 0.6) is 5.75 Å². The number of anilines is 1. The molecule has 0 aliphatic carbocycles. The van der Waals surface area contributed by atoms with Gasteiger partial charge in [0.2, 0.25) is 5.95 Å². The molecule has 0 spiro atoms. The zero-order valence-corrected chi connectivity index (χ0v) is 18.1. The van der Waals surface area contributed by atoms with Crippen LogP contribution in [0.4, 0.5) is 5.95 Å². The topological polar surface area (TPSA) is 60.2 Å². The van der Waals surface area contributed by atoms with E-state index in [-0.39, 0.29) is 18.0 Å². The number of carbonyl (C=O) groups is 1. The Bertz CT molecular complexity index is 1250. The Morgan fingerprint density at radius 2 is 1.75 bits per heavy atom. The second-order valence-corrected chi connectivity index (χ2v) is 7.97. The molecular formula is C26H24N4O2. The molecule has 0 unspecified atom stereocenters. The molecule has 0 bridgehead atoms. The van der Waals surface area contributed by atoms with Crippen LogP contribution in [0, 0.1) is 6.92 Å². The third-order valence-electron chi connectivity index (χ3n) is 5.99. The third-order valence-corrected chi connectivity index (χ3v) is 5.99. The first-order chi connectivity index (χ1) is 15.7. The number of carbonyl (C=O) groups excluding carboxylic acids is 1. The minimum atomic E-state index is -0.198. The van der Waals surface area contributed by atoms with Gasteiger partial charge in [0.15, 0.2) is 0 Å². The molecule has 2 atom stereocenters. The van der Waals surface area contributed by atoms with Crippen LogP contribution in [0.15, 0.2) is 85.2 Å². The average molecular weight is 425 g/mol. The Morgan fingerprint density at radius 1 is 0.969 bits per heavy atom. The summed E-state index contributed by atoms with van der Waals surface area (Å²) in [6, 6.07) is 25.4. The Labute approximate surface area is 187 Å². The quantitative estimate of drug-likeness (QED) is 0.464. The fraction of sp³-hybridized carbons (Fsp3) is 0.192. The summed E-state index contributed by atoms with van der Waals surface area (Å²) in [4.78, 5) is 20.1. The summed E-state index contributed by atoms with van der Waals surface area (Å²) in [5.41, 5.74) is 3.75. The summed E-state index contributed by atoms with van der Waals surface area (Å²) in [5, 5.41) is 4.52. The standard InChI is InChI=1S/C26H24N4O2/c1-18-9-8-12-20(15-18)25(31)29-22(19-10-4-3-5-11-19)16-23(30-26(29)27-17-28-30)21-13-6-7-14-24(21)32-2/h3-15,17,22-23H,16H2,1-2H3/t22-,23-/m1/s1. The SMILES string of the molecule is COc1ccccc1[C@H]1C[C@H](c2ccccc2)N(C(=O)c2cccc(C)c2)c2ncnn21. The second-order valence-electron chi connectivity index (χ2n) is 7.97. The van der Waals surface area contributed by atoms with E-state index in [1.165, 1.54) is 6.33 Å². The summed E-state index contributed by atoms with van der Waals surface area (Å²) in [7, 11) is 1.67. The molecule has 0 N–H and O–H groups in total. The van der Waals surface area contributed by atoms with E-state index in [9.17, 15) is 4.79 Å². The molecule has 0 radical (unpaired) electrons. The van der Waals surface area contributed by atoms with E-state index < -0.39 is 0 Å². The number of hydrogen-bond acceptors (Lipinski definition) is 4. The van der Waals surface area contributed by atoms with Crippen LogP contribution in [0.2, 0.25) is 0 Å². The van der Waals surface area contributed by atoms with Gasteiger partial charge in [-0.1, -0.05) is 66.2 Å². The fourth-order valence-corrected chi connectivity index (χ4v) is 4.50. The molecule has 160 valence electrons. The molecule has 6 heteroatoms. The number of aryl methyl sites for hydroxylation is 1. The number of methoxy groups -OCH3 is 1. The molecule has 4 aromatic rings. The van der Waals surface area contributed by atoms with E-state index in [4.69, 9.17) is 4.74 Å². The Hall–Kier alpha value is -3.93. The Morgan fingerprint density at radius 3 is 2.53 bits per heavy atom. The van der Waals surface area contributed by atoms with Gasteiger partial charge >= 0.3 is 0 Å². The summed E-state index contributed by atoms with van der Waals surface area (Å²) < 4.78 is 7.48. The van der Waals surface area contributed by atoms with Crippen molar-refractivity contribution in [1.29, 1.82) is 0 Å². The maximum absolute atomic E-state index is 13.8. The second kappa shape index (κ2) is 8.30. The molecule has 3 aromatic carbocycles. The molecule has 0 saturated carbocycles. The van der Waals surface area contributed by atoms with Crippen LogP contribution in [-0.2, 0) is 0 Å². The molecule has 5 rings (SSSR count). The number of aromatic nitrogens is 3. The number of rotatable bonds is 4. The molecule has 1 amide bonds. The van der Waals surface area contributed by atoms with Gasteiger partial charge in [-0.05, 0) is 37.1 Å². The first-order valence-electron chi connectivity index (χ1n) is 10.6. The molecule has 6 nitrogen and oxygen atoms in total. The van der Waals surface area contributed by atoms with Gasteiger partial charge in [-0.2, -0.15) is 10.1 Å². The van der Waals surface area contributed by atoms with Gasteiger partial charge in [-0.15, -0.1) is 0 Å². The lowest BCUT2D eigenvalue weighted by Crippen LogP contribution is -2.42. The van der Waals surface area contributed by atoms with Crippen molar-refractivity contribution in [2.75, 3.05) is 12.0 Å². The van der Waals surface area contributed by atoms with Crippen LogP contribution < -0.4 is 9.64 Å².